The summed E-state index contributed by atoms with van der Waals surface area (Å²) in [5, 5.41) is 6.17. The van der Waals surface area contributed by atoms with Crippen LogP contribution in [0.4, 0.5) is 13.2 Å². The molecule has 2 rings (SSSR count). The summed E-state index contributed by atoms with van der Waals surface area (Å²) in [6, 6.07) is 0.454. The fourth-order valence-electron chi connectivity index (χ4n) is 2.19. The topological polar surface area (TPSA) is 64.7 Å². The van der Waals surface area contributed by atoms with Gasteiger partial charge in [0.15, 0.2) is 5.69 Å². The van der Waals surface area contributed by atoms with Gasteiger partial charge in [-0.1, -0.05) is 20.8 Å². The van der Waals surface area contributed by atoms with Gasteiger partial charge in [-0.3, -0.25) is 9.48 Å². The van der Waals surface area contributed by atoms with E-state index in [-0.39, 0.29) is 17.2 Å². The van der Waals surface area contributed by atoms with Gasteiger partial charge in [0.1, 0.15) is 5.69 Å². The van der Waals surface area contributed by atoms with Gasteiger partial charge in [-0.2, -0.15) is 18.3 Å². The molecule has 0 aliphatic heterocycles. The van der Waals surface area contributed by atoms with Crippen LogP contribution in [0.25, 0.3) is 0 Å². The Balaban J connectivity index is 2.20. The molecule has 24 heavy (non-hydrogen) atoms. The summed E-state index contributed by atoms with van der Waals surface area (Å²) >= 11 is 0. The van der Waals surface area contributed by atoms with Crippen molar-refractivity contribution in [2.75, 3.05) is 0 Å². The molecule has 0 spiro atoms. The Bertz CT molecular complexity index is 698. The van der Waals surface area contributed by atoms with Gasteiger partial charge in [0.2, 0.25) is 0 Å². The molecule has 1 N–H and O–H groups in total. The minimum Gasteiger partial charge on any atom is -0.346 e. The van der Waals surface area contributed by atoms with Crippen LogP contribution in [0.5, 0.6) is 0 Å². The summed E-state index contributed by atoms with van der Waals surface area (Å²) in [4.78, 5) is 16.4. The van der Waals surface area contributed by atoms with Crippen molar-refractivity contribution >= 4 is 5.91 Å². The van der Waals surface area contributed by atoms with Crippen molar-refractivity contribution in [1.82, 2.24) is 24.6 Å². The number of rotatable bonds is 4. The molecule has 0 radical (unpaired) electrons. The first-order chi connectivity index (χ1) is 11.0. The van der Waals surface area contributed by atoms with Crippen molar-refractivity contribution in [3.05, 3.63) is 36.2 Å². The van der Waals surface area contributed by atoms with Crippen LogP contribution in [0.3, 0.4) is 0 Å². The lowest BCUT2D eigenvalue weighted by molar-refractivity contribution is -0.141. The molecule has 0 fully saturated rings. The maximum atomic E-state index is 12.7. The molecule has 0 aliphatic rings. The molecule has 2 aromatic rings. The molecule has 0 aromatic carbocycles. The summed E-state index contributed by atoms with van der Waals surface area (Å²) in [6.45, 7) is 6.29. The Morgan fingerprint density at radius 1 is 1.33 bits per heavy atom. The largest absolute Gasteiger partial charge is 0.435 e. The third-order valence-electron chi connectivity index (χ3n) is 3.71. The van der Waals surface area contributed by atoms with Gasteiger partial charge < -0.3 is 9.88 Å². The van der Waals surface area contributed by atoms with Crippen molar-refractivity contribution < 1.29 is 18.0 Å². The Hall–Kier alpha value is -2.32. The van der Waals surface area contributed by atoms with Crippen LogP contribution in [-0.2, 0) is 19.8 Å². The van der Waals surface area contributed by atoms with Gasteiger partial charge in [-0.25, -0.2) is 4.98 Å². The van der Waals surface area contributed by atoms with E-state index in [1.54, 1.807) is 23.3 Å². The zero-order chi connectivity index (χ0) is 18.1. The monoisotopic (exact) mass is 343 g/mol. The van der Waals surface area contributed by atoms with E-state index in [1.807, 2.05) is 20.8 Å². The van der Waals surface area contributed by atoms with Crippen molar-refractivity contribution in [2.45, 2.75) is 39.5 Å². The number of aromatic nitrogens is 4. The van der Waals surface area contributed by atoms with Crippen LogP contribution in [0, 0.1) is 5.41 Å². The average Bonchev–Trinajstić information content (AvgIpc) is 3.05. The highest BCUT2D eigenvalue weighted by Gasteiger charge is 2.36. The first-order valence-corrected chi connectivity index (χ1v) is 7.36. The van der Waals surface area contributed by atoms with Crippen molar-refractivity contribution in [2.24, 2.45) is 12.5 Å². The van der Waals surface area contributed by atoms with Crippen LogP contribution in [0.15, 0.2) is 24.8 Å². The molecule has 132 valence electrons. The Morgan fingerprint density at radius 3 is 2.46 bits per heavy atom. The highest BCUT2D eigenvalue weighted by molar-refractivity contribution is 5.92. The van der Waals surface area contributed by atoms with Gasteiger partial charge in [-0.15, -0.1) is 0 Å². The minimum absolute atomic E-state index is 0.137. The van der Waals surface area contributed by atoms with Crippen LogP contribution < -0.4 is 5.32 Å². The normalized spacial score (nSPS) is 13.8. The van der Waals surface area contributed by atoms with E-state index < -0.39 is 17.8 Å². The van der Waals surface area contributed by atoms with Crippen molar-refractivity contribution in [3.63, 3.8) is 0 Å². The number of nitrogens with one attached hydrogen (secondary N) is 1. The number of carbonyl (C=O) groups is 1. The highest BCUT2D eigenvalue weighted by Crippen LogP contribution is 2.28. The lowest BCUT2D eigenvalue weighted by Gasteiger charge is -2.31. The number of hydrogen-bond donors (Lipinski definition) is 1. The molecular weight excluding hydrogens is 323 g/mol. The fourth-order valence-corrected chi connectivity index (χ4v) is 2.19. The fraction of sp³-hybridized carbons (Fsp3) is 0.533. The van der Waals surface area contributed by atoms with E-state index in [4.69, 9.17) is 0 Å². The maximum Gasteiger partial charge on any atom is 0.435 e. The first kappa shape index (κ1) is 18.0. The molecule has 2 aromatic heterocycles. The van der Waals surface area contributed by atoms with Crippen molar-refractivity contribution in [3.8, 4) is 0 Å². The van der Waals surface area contributed by atoms with Crippen molar-refractivity contribution in [1.29, 1.82) is 0 Å². The Labute approximate surface area is 137 Å². The third-order valence-corrected chi connectivity index (χ3v) is 3.71. The van der Waals surface area contributed by atoms with E-state index in [2.05, 4.69) is 15.4 Å². The number of aryl methyl sites for hydroxylation is 1. The quantitative estimate of drug-likeness (QED) is 0.928. The summed E-state index contributed by atoms with van der Waals surface area (Å²) in [5.41, 5.74) is -1.52. The Morgan fingerprint density at radius 2 is 2.00 bits per heavy atom. The molecule has 0 saturated carbocycles. The second-order valence-electron chi connectivity index (χ2n) is 6.69. The van der Waals surface area contributed by atoms with Gasteiger partial charge >= 0.3 is 6.18 Å². The van der Waals surface area contributed by atoms with E-state index in [0.717, 1.165) is 10.7 Å². The number of amides is 1. The molecule has 9 heteroatoms. The van der Waals surface area contributed by atoms with E-state index in [9.17, 15) is 18.0 Å². The second-order valence-corrected chi connectivity index (χ2v) is 6.69. The molecule has 0 saturated heterocycles. The standard InChI is InChI=1S/C15H20F3N5O/c1-14(2,3)12(8-23-6-5-19-9-23)20-13(24)10-7-11(15(16,17)18)21-22(10)4/h5-7,9,12H,8H2,1-4H3,(H,20,24)/t12-/m0/s1. The average molecular weight is 343 g/mol. The zero-order valence-electron chi connectivity index (χ0n) is 13.9. The molecule has 6 nitrogen and oxygen atoms in total. The number of nitrogens with zero attached hydrogens (tertiary/aromatic N) is 4. The van der Waals surface area contributed by atoms with Crippen LogP contribution in [-0.4, -0.2) is 31.3 Å². The van der Waals surface area contributed by atoms with E-state index >= 15 is 0 Å². The predicted molar refractivity (Wildman–Crippen MR) is 81.1 cm³/mol. The number of halogens is 3. The summed E-state index contributed by atoms with van der Waals surface area (Å²) in [5.74, 6) is -0.597. The lowest BCUT2D eigenvalue weighted by atomic mass is 9.86. The zero-order valence-corrected chi connectivity index (χ0v) is 13.9. The molecule has 0 aliphatic carbocycles. The molecule has 1 amide bonds. The number of hydrogen-bond acceptors (Lipinski definition) is 3. The molecular formula is C15H20F3N5O. The number of alkyl halides is 3. The first-order valence-electron chi connectivity index (χ1n) is 7.36. The molecule has 0 unspecified atom stereocenters. The molecule has 1 atom stereocenters. The van der Waals surface area contributed by atoms with Gasteiger partial charge in [0.05, 0.1) is 12.4 Å². The van der Waals surface area contributed by atoms with E-state index in [1.165, 1.54) is 7.05 Å². The number of imidazole rings is 1. The SMILES string of the molecule is Cn1nc(C(F)(F)F)cc1C(=O)N[C@@H](Cn1ccnc1)C(C)(C)C. The van der Waals surface area contributed by atoms with Crippen LogP contribution in [0.2, 0.25) is 0 Å². The maximum absolute atomic E-state index is 12.7. The van der Waals surface area contributed by atoms with Crippen LogP contribution in [0.1, 0.15) is 37.0 Å². The minimum atomic E-state index is -4.59. The summed E-state index contributed by atoms with van der Waals surface area (Å²) in [6.07, 6.45) is 0.419. The number of carbonyl (C=O) groups excluding carboxylic acids is 1. The van der Waals surface area contributed by atoms with Crippen LogP contribution >= 0.6 is 0 Å². The highest BCUT2D eigenvalue weighted by atomic mass is 19.4. The molecule has 0 bridgehead atoms. The molecule has 2 heterocycles. The van der Waals surface area contributed by atoms with Gasteiger partial charge in [0.25, 0.3) is 5.91 Å². The third kappa shape index (κ3) is 4.15. The summed E-state index contributed by atoms with van der Waals surface area (Å²) in [7, 11) is 1.31. The van der Waals surface area contributed by atoms with Gasteiger partial charge in [-0.05, 0) is 5.41 Å². The second kappa shape index (κ2) is 6.29. The smallest absolute Gasteiger partial charge is 0.346 e. The Kier molecular flexibility index (Phi) is 4.73. The predicted octanol–water partition coefficient (Wildman–Crippen LogP) is 2.48. The van der Waals surface area contributed by atoms with Gasteiger partial charge in [0, 0.05) is 32.1 Å². The summed E-state index contributed by atoms with van der Waals surface area (Å²) < 4.78 is 40.9. The lowest BCUT2D eigenvalue weighted by Crippen LogP contribution is -2.46. The van der Waals surface area contributed by atoms with E-state index in [0.29, 0.717) is 6.54 Å².